The summed E-state index contributed by atoms with van der Waals surface area (Å²) in [6, 6.07) is 27.5. The molecule has 0 saturated carbocycles. The molecule has 0 spiro atoms. The summed E-state index contributed by atoms with van der Waals surface area (Å²) in [5.74, 6) is -0.593. The lowest BCUT2D eigenvalue weighted by molar-refractivity contribution is -0.133. The summed E-state index contributed by atoms with van der Waals surface area (Å²) >= 11 is 7.04. The molecule has 0 aliphatic heterocycles. The molecule has 0 atom stereocenters. The third-order valence-corrected chi connectivity index (χ3v) is 7.61. The van der Waals surface area contributed by atoms with Crippen LogP contribution < -0.4 is 9.47 Å². The van der Waals surface area contributed by atoms with Crippen LogP contribution in [-0.2, 0) is 50.1 Å². The van der Waals surface area contributed by atoms with Crippen LogP contribution in [0.4, 0.5) is 0 Å². The molecule has 46 heavy (non-hydrogen) atoms. The van der Waals surface area contributed by atoms with E-state index in [9.17, 15) is 14.7 Å². The summed E-state index contributed by atoms with van der Waals surface area (Å²) in [6.07, 6.45) is 0.111. The second-order valence-electron chi connectivity index (χ2n) is 9.72. The number of hydrogen-bond donors (Lipinski definition) is 1. The van der Waals surface area contributed by atoms with E-state index in [4.69, 9.17) is 23.9 Å². The third-order valence-electron chi connectivity index (χ3n) is 6.40. The molecule has 4 rings (SSSR count). The number of benzene rings is 4. The molecule has 4 aromatic carbocycles. The van der Waals surface area contributed by atoms with Gasteiger partial charge in [-0.2, -0.15) is 0 Å². The Balaban J connectivity index is 1.50. The number of carbonyl (C=O) groups is 2. The van der Waals surface area contributed by atoms with Crippen molar-refractivity contribution in [3.63, 3.8) is 0 Å². The first-order valence-electron chi connectivity index (χ1n) is 13.9. The summed E-state index contributed by atoms with van der Waals surface area (Å²) in [4.78, 5) is 35.1. The predicted octanol–water partition coefficient (Wildman–Crippen LogP) is 7.50. The number of methoxy groups -OCH3 is 2. The maximum atomic E-state index is 12.5. The minimum absolute atomic E-state index is 0.0232. The molecule has 10 nitrogen and oxygen atoms in total. The van der Waals surface area contributed by atoms with Crippen molar-refractivity contribution in [2.45, 2.75) is 26.1 Å². The molecule has 0 unspecified atom stereocenters. The van der Waals surface area contributed by atoms with Crippen molar-refractivity contribution in [3.8, 4) is 17.2 Å². The fourth-order valence-electron chi connectivity index (χ4n) is 4.16. The van der Waals surface area contributed by atoms with Crippen LogP contribution in [0.5, 0.6) is 17.2 Å². The van der Waals surface area contributed by atoms with E-state index in [2.05, 4.69) is 42.2 Å². The van der Waals surface area contributed by atoms with Gasteiger partial charge in [-0.3, -0.25) is 0 Å². The third kappa shape index (κ3) is 9.91. The van der Waals surface area contributed by atoms with E-state index in [0.29, 0.717) is 37.3 Å². The Kier molecular flexibility index (Phi) is 12.7. The van der Waals surface area contributed by atoms with Gasteiger partial charge in [0.25, 0.3) is 0 Å². The summed E-state index contributed by atoms with van der Waals surface area (Å²) in [6.45, 7) is 0.338. The fourth-order valence-corrected chi connectivity index (χ4v) is 5.32. The summed E-state index contributed by atoms with van der Waals surface area (Å²) < 4.78 is 17.9. The number of aliphatic carboxylic acids is 1. The second-order valence-corrected chi connectivity index (χ2v) is 11.4. The van der Waals surface area contributed by atoms with Crippen molar-refractivity contribution in [2.75, 3.05) is 14.2 Å². The predicted molar refractivity (Wildman–Crippen MR) is 179 cm³/mol. The highest BCUT2D eigenvalue weighted by Crippen LogP contribution is 2.41. The second kappa shape index (κ2) is 17.1. The average Bonchev–Trinajstić information content (AvgIpc) is 3.05. The number of carboxylic acid groups (broad SMARTS) is 1. The lowest BCUT2D eigenvalue weighted by atomic mass is 10.1. The summed E-state index contributed by atoms with van der Waals surface area (Å²) in [5, 5.41) is 17.6. The highest BCUT2D eigenvalue weighted by Gasteiger charge is 2.20. The SMILES string of the molecule is COC(=O)/C(Cc1cc(Br)c(OC)c(Oc2ccc(C/C(=N/OCc3ccccc3)C(=O)O)cc2Br)c1)=N\OCc1ccccc1. The van der Waals surface area contributed by atoms with Gasteiger partial charge >= 0.3 is 11.9 Å². The molecule has 0 fully saturated rings. The Morgan fingerprint density at radius 2 is 1.24 bits per heavy atom. The van der Waals surface area contributed by atoms with Crippen LogP contribution in [-0.4, -0.2) is 42.7 Å². The number of nitrogens with zero attached hydrogens (tertiary/aromatic N) is 2. The van der Waals surface area contributed by atoms with Gasteiger partial charge in [0, 0.05) is 12.8 Å². The van der Waals surface area contributed by atoms with Crippen molar-refractivity contribution < 1.29 is 38.6 Å². The molecular weight excluding hydrogens is 724 g/mol. The van der Waals surface area contributed by atoms with E-state index in [1.54, 1.807) is 30.3 Å². The molecule has 0 bridgehead atoms. The van der Waals surface area contributed by atoms with Gasteiger partial charge in [-0.25, -0.2) is 9.59 Å². The molecule has 4 aromatic rings. The smallest absolute Gasteiger partial charge is 0.356 e. The zero-order chi connectivity index (χ0) is 32.9. The minimum Gasteiger partial charge on any atom is -0.492 e. The quantitative estimate of drug-likeness (QED) is 0.0752. The number of carboxylic acids is 1. The van der Waals surface area contributed by atoms with Crippen molar-refractivity contribution >= 4 is 55.2 Å². The van der Waals surface area contributed by atoms with Crippen LogP contribution >= 0.6 is 31.9 Å². The molecule has 0 aliphatic rings. The number of halogens is 2. The van der Waals surface area contributed by atoms with E-state index in [1.165, 1.54) is 14.2 Å². The van der Waals surface area contributed by atoms with Gasteiger partial charge in [0.1, 0.15) is 19.0 Å². The van der Waals surface area contributed by atoms with Crippen LogP contribution in [0.25, 0.3) is 0 Å². The van der Waals surface area contributed by atoms with Crippen molar-refractivity contribution in [1.82, 2.24) is 0 Å². The number of hydrogen-bond acceptors (Lipinski definition) is 9. The number of rotatable bonds is 15. The zero-order valence-corrected chi connectivity index (χ0v) is 28.1. The molecule has 1 N–H and O–H groups in total. The largest absolute Gasteiger partial charge is 0.492 e. The topological polar surface area (TPSA) is 125 Å². The van der Waals surface area contributed by atoms with Crippen LogP contribution in [0.1, 0.15) is 22.3 Å². The van der Waals surface area contributed by atoms with E-state index in [-0.39, 0.29) is 37.5 Å². The summed E-state index contributed by atoms with van der Waals surface area (Å²) in [7, 11) is 2.79. The van der Waals surface area contributed by atoms with Gasteiger partial charge < -0.3 is 29.0 Å². The van der Waals surface area contributed by atoms with Crippen LogP contribution in [0.2, 0.25) is 0 Å². The van der Waals surface area contributed by atoms with E-state index < -0.39 is 11.9 Å². The molecule has 0 saturated heterocycles. The number of carbonyl (C=O) groups excluding carboxylic acids is 1. The molecule has 12 heteroatoms. The van der Waals surface area contributed by atoms with Gasteiger partial charge in [-0.1, -0.05) is 77.0 Å². The van der Waals surface area contributed by atoms with Gasteiger partial charge in [0.15, 0.2) is 22.9 Å². The number of oxime groups is 2. The van der Waals surface area contributed by atoms with Gasteiger partial charge in [-0.15, -0.1) is 0 Å². The van der Waals surface area contributed by atoms with Crippen molar-refractivity contribution in [1.29, 1.82) is 0 Å². The van der Waals surface area contributed by atoms with Crippen molar-refractivity contribution in [3.05, 3.63) is 122 Å². The van der Waals surface area contributed by atoms with Gasteiger partial charge in [0.05, 0.1) is 23.2 Å². The minimum atomic E-state index is -1.18. The monoisotopic (exact) mass is 752 g/mol. The van der Waals surface area contributed by atoms with Crippen LogP contribution in [0.15, 0.2) is 110 Å². The first kappa shape index (κ1) is 34.2. The Morgan fingerprint density at radius 1 is 0.674 bits per heavy atom. The maximum absolute atomic E-state index is 12.5. The Bertz CT molecular complexity index is 1710. The van der Waals surface area contributed by atoms with Gasteiger partial charge in [-0.05, 0) is 78.4 Å². The highest BCUT2D eigenvalue weighted by molar-refractivity contribution is 9.11. The Labute approximate surface area is 282 Å². The number of esters is 1. The fraction of sp³-hybridized carbons (Fsp3) is 0.176. The highest BCUT2D eigenvalue weighted by atomic mass is 79.9. The Morgan fingerprint density at radius 3 is 1.78 bits per heavy atom. The van der Waals surface area contributed by atoms with E-state index >= 15 is 0 Å². The Hall–Kier alpha value is -4.68. The zero-order valence-electron chi connectivity index (χ0n) is 24.9. The lowest BCUT2D eigenvalue weighted by Crippen LogP contribution is -2.19. The molecule has 0 aliphatic carbocycles. The van der Waals surface area contributed by atoms with Gasteiger partial charge in [0.2, 0.25) is 0 Å². The molecule has 0 aromatic heterocycles. The van der Waals surface area contributed by atoms with E-state index in [1.807, 2.05) is 60.7 Å². The first-order chi connectivity index (χ1) is 22.3. The van der Waals surface area contributed by atoms with Crippen molar-refractivity contribution in [2.24, 2.45) is 10.3 Å². The lowest BCUT2D eigenvalue weighted by Gasteiger charge is -2.15. The molecule has 0 heterocycles. The summed E-state index contributed by atoms with van der Waals surface area (Å²) in [5.41, 5.74) is 3.02. The van der Waals surface area contributed by atoms with Crippen LogP contribution in [0, 0.1) is 0 Å². The molecular formula is C34H30Br2N2O8. The maximum Gasteiger partial charge on any atom is 0.356 e. The van der Waals surface area contributed by atoms with E-state index in [0.717, 1.165) is 11.1 Å². The molecule has 238 valence electrons. The standard InChI is InChI=1S/C34H30Br2N2O8/c1-42-32-27(36)16-25(18-29(34(41)43-2)38-45-21-23-11-7-4-8-12-23)19-31(32)46-30-14-13-24(15-26(30)35)17-28(33(39)40)37-44-20-22-9-5-3-6-10-22/h3-16,19H,17-18,20-21H2,1-2H3,(H,39,40)/b37-28-,38-29-. The molecule has 0 amide bonds. The molecule has 0 radical (unpaired) electrons. The first-order valence-corrected chi connectivity index (χ1v) is 15.5. The number of ether oxygens (including phenoxy) is 3. The average molecular weight is 754 g/mol. The normalized spacial score (nSPS) is 11.5. The van der Waals surface area contributed by atoms with Crippen LogP contribution in [0.3, 0.4) is 0 Å².